The molecule has 108 valence electrons. The maximum absolute atomic E-state index is 3.69. The maximum Gasteiger partial charge on any atom is 0.0412 e. The van der Waals surface area contributed by atoms with Crippen LogP contribution in [0.15, 0.2) is 24.3 Å². The number of rotatable bonds is 8. The van der Waals surface area contributed by atoms with Crippen LogP contribution < -0.4 is 5.32 Å². The smallest absolute Gasteiger partial charge is 0.0412 e. The molecule has 1 rings (SSSR count). The van der Waals surface area contributed by atoms with Gasteiger partial charge in [0.2, 0.25) is 0 Å². The van der Waals surface area contributed by atoms with Crippen LogP contribution in [0.5, 0.6) is 0 Å². The van der Waals surface area contributed by atoms with Gasteiger partial charge in [0.1, 0.15) is 0 Å². The lowest BCUT2D eigenvalue weighted by Crippen LogP contribution is -2.25. The number of aryl methyl sites for hydroxylation is 1. The molecule has 1 nitrogen and oxygen atoms in total. The minimum absolute atomic E-state index is 0.478. The second kappa shape index (κ2) is 8.65. The highest BCUT2D eigenvalue weighted by Crippen LogP contribution is 2.25. The second-order valence-electron chi connectivity index (χ2n) is 5.70. The highest BCUT2D eigenvalue weighted by Gasteiger charge is 2.14. The zero-order valence-electron chi connectivity index (χ0n) is 13.1. The van der Waals surface area contributed by atoms with Gasteiger partial charge in [-0.25, -0.2) is 0 Å². The highest BCUT2D eigenvalue weighted by atomic mass is 32.2. The van der Waals surface area contributed by atoms with Crippen LogP contribution >= 0.6 is 11.8 Å². The van der Waals surface area contributed by atoms with Crippen molar-refractivity contribution < 1.29 is 0 Å². The van der Waals surface area contributed by atoms with Crippen LogP contribution in [0.4, 0.5) is 0 Å². The lowest BCUT2D eigenvalue weighted by Gasteiger charge is -2.22. The van der Waals surface area contributed by atoms with Gasteiger partial charge in [0.05, 0.1) is 0 Å². The second-order valence-corrected chi connectivity index (χ2v) is 7.11. The van der Waals surface area contributed by atoms with E-state index in [1.807, 2.05) is 0 Å². The topological polar surface area (TPSA) is 12.0 Å². The Morgan fingerprint density at radius 1 is 1.21 bits per heavy atom. The fourth-order valence-corrected chi connectivity index (χ4v) is 3.11. The van der Waals surface area contributed by atoms with Gasteiger partial charge in [-0.1, -0.05) is 57.5 Å². The van der Waals surface area contributed by atoms with Crippen molar-refractivity contribution in [3.63, 3.8) is 0 Å². The summed E-state index contributed by atoms with van der Waals surface area (Å²) >= 11 is 2.08. The molecule has 0 heterocycles. The Labute approximate surface area is 123 Å². The lowest BCUT2D eigenvalue weighted by molar-refractivity contribution is 0.573. The molecule has 0 radical (unpaired) electrons. The number of thioether (sulfide) groups is 1. The van der Waals surface area contributed by atoms with Crippen LogP contribution in [0.3, 0.4) is 0 Å². The first-order chi connectivity index (χ1) is 9.04. The number of hydrogen-bond donors (Lipinski definition) is 1. The Morgan fingerprint density at radius 3 is 2.53 bits per heavy atom. The van der Waals surface area contributed by atoms with Crippen molar-refractivity contribution in [3.05, 3.63) is 35.4 Å². The summed E-state index contributed by atoms with van der Waals surface area (Å²) in [4.78, 5) is 0. The summed E-state index contributed by atoms with van der Waals surface area (Å²) in [5.41, 5.74) is 2.78. The molecule has 19 heavy (non-hydrogen) atoms. The van der Waals surface area contributed by atoms with E-state index in [9.17, 15) is 0 Å². The third-order valence-electron chi connectivity index (χ3n) is 3.55. The fourth-order valence-electron chi connectivity index (χ4n) is 1.92. The van der Waals surface area contributed by atoms with Crippen molar-refractivity contribution in [1.29, 1.82) is 0 Å². The predicted molar refractivity (Wildman–Crippen MR) is 89.0 cm³/mol. The van der Waals surface area contributed by atoms with Gasteiger partial charge in [0.15, 0.2) is 0 Å². The van der Waals surface area contributed by atoms with Gasteiger partial charge in [0.25, 0.3) is 0 Å². The molecule has 1 N–H and O–H groups in total. The SMILES string of the molecule is CCCNC(CSC(C)C(C)C)c1cccc(C)c1. The van der Waals surface area contributed by atoms with E-state index in [1.165, 1.54) is 17.5 Å². The monoisotopic (exact) mass is 279 g/mol. The van der Waals surface area contributed by atoms with Crippen LogP contribution in [0.1, 0.15) is 51.3 Å². The average Bonchev–Trinajstić information content (AvgIpc) is 2.38. The molecule has 0 bridgehead atoms. The summed E-state index contributed by atoms with van der Waals surface area (Å²) in [6.45, 7) is 12.4. The number of nitrogens with one attached hydrogen (secondary N) is 1. The van der Waals surface area contributed by atoms with Gasteiger partial charge < -0.3 is 5.32 Å². The van der Waals surface area contributed by atoms with Crippen molar-refractivity contribution in [2.24, 2.45) is 5.92 Å². The molecule has 0 saturated carbocycles. The molecule has 0 fully saturated rings. The first-order valence-electron chi connectivity index (χ1n) is 7.46. The highest BCUT2D eigenvalue weighted by molar-refractivity contribution is 7.99. The molecule has 1 aromatic carbocycles. The van der Waals surface area contributed by atoms with E-state index < -0.39 is 0 Å². The Kier molecular flexibility index (Phi) is 7.55. The average molecular weight is 279 g/mol. The van der Waals surface area contributed by atoms with Gasteiger partial charge in [0, 0.05) is 17.0 Å². The molecule has 2 heteroatoms. The minimum atomic E-state index is 0.478. The molecule has 0 spiro atoms. The van der Waals surface area contributed by atoms with E-state index in [2.05, 4.69) is 76.0 Å². The summed E-state index contributed by atoms with van der Waals surface area (Å²) in [6.07, 6.45) is 1.19. The van der Waals surface area contributed by atoms with Crippen LogP contribution in [0.2, 0.25) is 0 Å². The van der Waals surface area contributed by atoms with Crippen molar-refractivity contribution in [1.82, 2.24) is 5.32 Å². The van der Waals surface area contributed by atoms with Gasteiger partial charge in [-0.3, -0.25) is 0 Å². The van der Waals surface area contributed by atoms with Crippen LogP contribution in [-0.4, -0.2) is 17.5 Å². The van der Waals surface area contributed by atoms with Crippen LogP contribution in [-0.2, 0) is 0 Å². The fraction of sp³-hybridized carbons (Fsp3) is 0.647. The Balaban J connectivity index is 2.66. The maximum atomic E-state index is 3.69. The first-order valence-corrected chi connectivity index (χ1v) is 8.51. The largest absolute Gasteiger partial charge is 0.309 e. The van der Waals surface area contributed by atoms with E-state index in [4.69, 9.17) is 0 Å². The molecule has 0 aliphatic heterocycles. The third kappa shape index (κ3) is 6.01. The molecule has 0 aliphatic carbocycles. The van der Waals surface area contributed by atoms with Gasteiger partial charge in [-0.05, 0) is 31.4 Å². The van der Waals surface area contributed by atoms with Crippen LogP contribution in [0.25, 0.3) is 0 Å². The van der Waals surface area contributed by atoms with E-state index in [-0.39, 0.29) is 0 Å². The van der Waals surface area contributed by atoms with Gasteiger partial charge in [-0.2, -0.15) is 11.8 Å². The van der Waals surface area contributed by atoms with Crippen molar-refractivity contribution in [2.75, 3.05) is 12.3 Å². The summed E-state index contributed by atoms with van der Waals surface area (Å²) in [7, 11) is 0. The molecular weight excluding hydrogens is 250 g/mol. The van der Waals surface area contributed by atoms with E-state index in [1.54, 1.807) is 0 Å². The Bertz CT molecular complexity index is 362. The van der Waals surface area contributed by atoms with E-state index in [0.717, 1.165) is 23.5 Å². The van der Waals surface area contributed by atoms with E-state index >= 15 is 0 Å². The lowest BCUT2D eigenvalue weighted by atomic mass is 10.1. The summed E-state index contributed by atoms with van der Waals surface area (Å²) in [6, 6.07) is 9.38. The van der Waals surface area contributed by atoms with Gasteiger partial charge in [-0.15, -0.1) is 0 Å². The molecule has 2 atom stereocenters. The predicted octanol–water partition coefficient (Wildman–Crippen LogP) is 4.81. The first kappa shape index (κ1) is 16.6. The zero-order valence-corrected chi connectivity index (χ0v) is 13.9. The molecule has 2 unspecified atom stereocenters. The summed E-state index contributed by atoms with van der Waals surface area (Å²) < 4.78 is 0. The summed E-state index contributed by atoms with van der Waals surface area (Å²) in [5, 5.41) is 4.40. The number of hydrogen-bond acceptors (Lipinski definition) is 2. The van der Waals surface area contributed by atoms with Crippen molar-refractivity contribution in [3.8, 4) is 0 Å². The third-order valence-corrected chi connectivity index (χ3v) is 5.15. The molecule has 0 aliphatic rings. The molecule has 0 saturated heterocycles. The zero-order chi connectivity index (χ0) is 14.3. The minimum Gasteiger partial charge on any atom is -0.309 e. The van der Waals surface area contributed by atoms with Gasteiger partial charge >= 0.3 is 0 Å². The molecule has 0 aromatic heterocycles. The molecular formula is C17H29NS. The van der Waals surface area contributed by atoms with Crippen LogP contribution in [0, 0.1) is 12.8 Å². The Hall–Kier alpha value is -0.470. The van der Waals surface area contributed by atoms with E-state index in [0.29, 0.717) is 6.04 Å². The van der Waals surface area contributed by atoms with Crippen molar-refractivity contribution in [2.45, 2.75) is 52.3 Å². The Morgan fingerprint density at radius 2 is 1.95 bits per heavy atom. The summed E-state index contributed by atoms with van der Waals surface area (Å²) in [5.74, 6) is 1.90. The number of benzene rings is 1. The standard InChI is InChI=1S/C17H29NS/c1-6-10-18-17(12-19-15(5)13(2)3)16-9-7-8-14(4)11-16/h7-9,11,13,15,17-18H,6,10,12H2,1-5H3. The molecule has 1 aromatic rings. The normalized spacial score (nSPS) is 14.6. The quantitative estimate of drug-likeness (QED) is 0.732. The van der Waals surface area contributed by atoms with Crippen molar-refractivity contribution >= 4 is 11.8 Å². The molecule has 0 amide bonds.